The van der Waals surface area contributed by atoms with Crippen molar-refractivity contribution in [1.82, 2.24) is 15.5 Å². The number of unbranched alkanes of at least 4 members (excludes halogenated alkanes) is 3. The molecule has 9 heteroatoms. The third-order valence-corrected chi connectivity index (χ3v) is 7.00. The van der Waals surface area contributed by atoms with Crippen molar-refractivity contribution >= 4 is 23.9 Å². The number of ether oxygens (including phenoxy) is 2. The van der Waals surface area contributed by atoms with Crippen LogP contribution in [0.4, 0.5) is 4.79 Å². The standard InChI is InChI=1S/C35H51N3O6/c1-7-10-11-15-24-38(33(41)29(25-27-16-13-12-14-17-27)37-34(42)44-35(4,5)6)31(28-20-18-26(8-2)19-21-28)32(40)36-23-22-30(39)43-9-3/h12-14,16-21,29,31H,7-11,15,22-25H2,1-6H3,(H,36,40)(H,37,42). The normalized spacial score (nSPS) is 12.5. The smallest absolute Gasteiger partial charge is 0.408 e. The number of nitrogens with one attached hydrogen (secondary N) is 2. The van der Waals surface area contributed by atoms with Gasteiger partial charge in [-0.3, -0.25) is 14.4 Å². The van der Waals surface area contributed by atoms with Gasteiger partial charge in [0.1, 0.15) is 17.7 Å². The highest BCUT2D eigenvalue weighted by Gasteiger charge is 2.36. The molecule has 0 bridgehead atoms. The molecule has 0 aliphatic heterocycles. The van der Waals surface area contributed by atoms with Gasteiger partial charge in [0.2, 0.25) is 11.8 Å². The summed E-state index contributed by atoms with van der Waals surface area (Å²) in [6.45, 7) is 11.8. The molecular formula is C35H51N3O6. The molecule has 2 atom stereocenters. The number of alkyl carbamates (subject to hydrolysis) is 1. The van der Waals surface area contributed by atoms with Gasteiger partial charge in [-0.2, -0.15) is 0 Å². The summed E-state index contributed by atoms with van der Waals surface area (Å²) >= 11 is 0. The molecule has 2 aromatic carbocycles. The van der Waals surface area contributed by atoms with Crippen LogP contribution in [0.15, 0.2) is 54.6 Å². The Labute approximate surface area is 263 Å². The van der Waals surface area contributed by atoms with Crippen molar-refractivity contribution in [3.8, 4) is 0 Å². The van der Waals surface area contributed by atoms with Crippen LogP contribution in [0.3, 0.4) is 0 Å². The molecule has 242 valence electrons. The summed E-state index contributed by atoms with van der Waals surface area (Å²) in [5.74, 6) is -1.20. The number of benzene rings is 2. The largest absolute Gasteiger partial charge is 0.466 e. The third-order valence-electron chi connectivity index (χ3n) is 7.00. The lowest BCUT2D eigenvalue weighted by atomic mass is 9.98. The average molecular weight is 610 g/mol. The van der Waals surface area contributed by atoms with Gasteiger partial charge in [0, 0.05) is 19.5 Å². The summed E-state index contributed by atoms with van der Waals surface area (Å²) in [5, 5.41) is 5.65. The maximum atomic E-state index is 14.5. The highest BCUT2D eigenvalue weighted by Crippen LogP contribution is 2.25. The van der Waals surface area contributed by atoms with Crippen LogP contribution in [0.1, 0.15) is 96.4 Å². The number of aryl methyl sites for hydroxylation is 1. The predicted octanol–water partition coefficient (Wildman–Crippen LogP) is 5.90. The van der Waals surface area contributed by atoms with Crippen molar-refractivity contribution in [2.75, 3.05) is 19.7 Å². The minimum atomic E-state index is -0.983. The van der Waals surface area contributed by atoms with E-state index < -0.39 is 35.7 Å². The van der Waals surface area contributed by atoms with Gasteiger partial charge >= 0.3 is 12.1 Å². The number of carbonyl (C=O) groups excluding carboxylic acids is 4. The molecule has 0 saturated heterocycles. The molecule has 0 radical (unpaired) electrons. The molecule has 2 N–H and O–H groups in total. The molecule has 0 saturated carbocycles. The van der Waals surface area contributed by atoms with E-state index in [-0.39, 0.29) is 31.9 Å². The first-order valence-electron chi connectivity index (χ1n) is 15.8. The Balaban J connectivity index is 2.52. The molecule has 0 fully saturated rings. The van der Waals surface area contributed by atoms with Crippen molar-refractivity contribution in [2.45, 2.75) is 104 Å². The van der Waals surface area contributed by atoms with Gasteiger partial charge in [-0.15, -0.1) is 0 Å². The molecule has 2 unspecified atom stereocenters. The highest BCUT2D eigenvalue weighted by atomic mass is 16.6. The number of nitrogens with zero attached hydrogens (tertiary/aromatic N) is 1. The number of hydrogen-bond donors (Lipinski definition) is 2. The zero-order valence-corrected chi connectivity index (χ0v) is 27.3. The van der Waals surface area contributed by atoms with Crippen molar-refractivity contribution in [2.24, 2.45) is 0 Å². The van der Waals surface area contributed by atoms with E-state index in [4.69, 9.17) is 9.47 Å². The predicted molar refractivity (Wildman–Crippen MR) is 172 cm³/mol. The van der Waals surface area contributed by atoms with Crippen LogP contribution in [0, 0.1) is 0 Å². The monoisotopic (exact) mass is 609 g/mol. The molecule has 2 rings (SSSR count). The van der Waals surface area contributed by atoms with Crippen LogP contribution in [-0.4, -0.2) is 60.1 Å². The van der Waals surface area contributed by atoms with Crippen LogP contribution in [0.5, 0.6) is 0 Å². The Morgan fingerprint density at radius 3 is 2.14 bits per heavy atom. The van der Waals surface area contributed by atoms with E-state index in [1.165, 1.54) is 0 Å². The highest BCUT2D eigenvalue weighted by molar-refractivity contribution is 5.92. The number of hydrogen-bond acceptors (Lipinski definition) is 6. The van der Waals surface area contributed by atoms with Crippen molar-refractivity contribution in [3.63, 3.8) is 0 Å². The summed E-state index contributed by atoms with van der Waals surface area (Å²) in [6, 6.07) is 15.1. The fourth-order valence-electron chi connectivity index (χ4n) is 4.80. The van der Waals surface area contributed by atoms with Gasteiger partial charge in [-0.1, -0.05) is 87.7 Å². The summed E-state index contributed by atoms with van der Waals surface area (Å²) in [5.41, 5.74) is 1.85. The summed E-state index contributed by atoms with van der Waals surface area (Å²) in [6.07, 6.45) is 3.93. The Hall–Kier alpha value is -3.88. The Bertz CT molecular complexity index is 1180. The number of amides is 3. The van der Waals surface area contributed by atoms with Crippen LogP contribution in [-0.2, 0) is 36.7 Å². The van der Waals surface area contributed by atoms with E-state index in [9.17, 15) is 19.2 Å². The SMILES string of the molecule is CCCCCCN(C(=O)C(Cc1ccccc1)NC(=O)OC(C)(C)C)C(C(=O)NCCC(=O)OCC)c1ccc(CC)cc1. The van der Waals surface area contributed by atoms with Gasteiger partial charge in [-0.25, -0.2) is 4.79 Å². The first kappa shape index (κ1) is 36.3. The van der Waals surface area contributed by atoms with E-state index in [1.807, 2.05) is 54.6 Å². The van der Waals surface area contributed by atoms with Crippen molar-refractivity contribution in [3.05, 3.63) is 71.3 Å². The molecule has 0 heterocycles. The van der Waals surface area contributed by atoms with E-state index in [2.05, 4.69) is 24.5 Å². The second-order valence-corrected chi connectivity index (χ2v) is 11.8. The molecule has 0 aliphatic rings. The van der Waals surface area contributed by atoms with Crippen molar-refractivity contribution < 1.29 is 28.7 Å². The quantitative estimate of drug-likeness (QED) is 0.170. The lowest BCUT2D eigenvalue weighted by Crippen LogP contribution is -2.54. The van der Waals surface area contributed by atoms with Gasteiger partial charge in [0.05, 0.1) is 13.0 Å². The number of carbonyl (C=O) groups is 4. The molecule has 9 nitrogen and oxygen atoms in total. The minimum Gasteiger partial charge on any atom is -0.466 e. The summed E-state index contributed by atoms with van der Waals surface area (Å²) in [7, 11) is 0. The van der Waals surface area contributed by atoms with Crippen LogP contribution in [0.2, 0.25) is 0 Å². The maximum Gasteiger partial charge on any atom is 0.408 e. The topological polar surface area (TPSA) is 114 Å². The second kappa shape index (κ2) is 18.7. The number of rotatable bonds is 17. The zero-order chi connectivity index (χ0) is 32.5. The van der Waals surface area contributed by atoms with E-state index in [0.717, 1.165) is 36.8 Å². The van der Waals surface area contributed by atoms with E-state index >= 15 is 0 Å². The van der Waals surface area contributed by atoms with Crippen LogP contribution in [0.25, 0.3) is 0 Å². The van der Waals surface area contributed by atoms with Crippen LogP contribution >= 0.6 is 0 Å². The first-order chi connectivity index (χ1) is 21.0. The zero-order valence-electron chi connectivity index (χ0n) is 27.3. The van der Waals surface area contributed by atoms with E-state index in [1.54, 1.807) is 32.6 Å². The van der Waals surface area contributed by atoms with Gasteiger partial charge in [-0.05, 0) is 57.2 Å². The van der Waals surface area contributed by atoms with Crippen LogP contribution < -0.4 is 10.6 Å². The molecular weight excluding hydrogens is 558 g/mol. The molecule has 2 aromatic rings. The Morgan fingerprint density at radius 2 is 1.55 bits per heavy atom. The molecule has 0 spiro atoms. The fourth-order valence-corrected chi connectivity index (χ4v) is 4.80. The lowest BCUT2D eigenvalue weighted by molar-refractivity contribution is -0.144. The average Bonchev–Trinajstić information content (AvgIpc) is 2.98. The van der Waals surface area contributed by atoms with Gasteiger partial charge in [0.25, 0.3) is 0 Å². The van der Waals surface area contributed by atoms with Crippen molar-refractivity contribution in [1.29, 1.82) is 0 Å². The molecule has 44 heavy (non-hydrogen) atoms. The van der Waals surface area contributed by atoms with E-state index in [0.29, 0.717) is 18.5 Å². The Kier molecular flexibility index (Phi) is 15.4. The Morgan fingerprint density at radius 1 is 0.864 bits per heavy atom. The number of esters is 1. The lowest BCUT2D eigenvalue weighted by Gasteiger charge is -2.35. The summed E-state index contributed by atoms with van der Waals surface area (Å²) in [4.78, 5) is 54.9. The van der Waals surface area contributed by atoms with Gasteiger partial charge < -0.3 is 25.0 Å². The molecule has 0 aliphatic carbocycles. The third kappa shape index (κ3) is 12.8. The summed E-state index contributed by atoms with van der Waals surface area (Å²) < 4.78 is 10.5. The first-order valence-corrected chi connectivity index (χ1v) is 15.8. The maximum absolute atomic E-state index is 14.5. The molecule has 3 amide bonds. The second-order valence-electron chi connectivity index (χ2n) is 11.8. The molecule has 0 aromatic heterocycles. The fraction of sp³-hybridized carbons (Fsp3) is 0.543. The minimum absolute atomic E-state index is 0.0162. The van der Waals surface area contributed by atoms with Gasteiger partial charge in [0.15, 0.2) is 0 Å².